The quantitative estimate of drug-likeness (QED) is 0.438. The first-order valence-corrected chi connectivity index (χ1v) is 8.54. The number of hydrogen-bond acceptors (Lipinski definition) is 5. The van der Waals surface area contributed by atoms with Crippen LogP contribution in [0.5, 0.6) is 0 Å². The molecule has 0 spiro atoms. The lowest BCUT2D eigenvalue weighted by Crippen LogP contribution is -2.08. The number of aromatic nitrogens is 2. The fourth-order valence-electron chi connectivity index (χ4n) is 2.24. The Kier molecular flexibility index (Phi) is 4.96. The van der Waals surface area contributed by atoms with E-state index in [9.17, 15) is 9.59 Å². The molecule has 5 nitrogen and oxygen atoms in total. The average molecular weight is 340 g/mol. The molecular formula is C18H16N2O3S. The minimum atomic E-state index is -0.322. The Balaban J connectivity index is 1.72. The Bertz CT molecular complexity index is 919. The molecule has 0 aliphatic heterocycles. The van der Waals surface area contributed by atoms with Gasteiger partial charge in [-0.3, -0.25) is 4.79 Å². The van der Waals surface area contributed by atoms with Gasteiger partial charge in [0.15, 0.2) is 5.16 Å². The lowest BCUT2D eigenvalue weighted by atomic mass is 10.1. The highest BCUT2D eigenvalue weighted by atomic mass is 32.2. The Morgan fingerprint density at radius 3 is 2.67 bits per heavy atom. The van der Waals surface area contributed by atoms with Crippen molar-refractivity contribution in [3.63, 3.8) is 0 Å². The maximum Gasteiger partial charge on any atom is 0.338 e. The van der Waals surface area contributed by atoms with Crippen molar-refractivity contribution in [2.45, 2.75) is 17.8 Å². The van der Waals surface area contributed by atoms with Crippen molar-refractivity contribution in [1.82, 2.24) is 9.97 Å². The average Bonchev–Trinajstić information content (AvgIpc) is 2.61. The van der Waals surface area contributed by atoms with Gasteiger partial charge in [-0.15, -0.1) is 0 Å². The highest BCUT2D eigenvalue weighted by Crippen LogP contribution is 2.20. The summed E-state index contributed by atoms with van der Waals surface area (Å²) in [4.78, 5) is 30.9. The van der Waals surface area contributed by atoms with Crippen LogP contribution in [0.15, 0.2) is 58.5 Å². The number of rotatable bonds is 5. The number of benzene rings is 2. The van der Waals surface area contributed by atoms with Crippen molar-refractivity contribution < 1.29 is 9.53 Å². The van der Waals surface area contributed by atoms with E-state index in [0.717, 1.165) is 5.56 Å². The third-order valence-electron chi connectivity index (χ3n) is 3.43. The predicted molar refractivity (Wildman–Crippen MR) is 94.3 cm³/mol. The van der Waals surface area contributed by atoms with Crippen molar-refractivity contribution in [3.8, 4) is 0 Å². The zero-order valence-corrected chi connectivity index (χ0v) is 13.9. The highest BCUT2D eigenvalue weighted by molar-refractivity contribution is 7.98. The Hall–Kier alpha value is -2.60. The smallest absolute Gasteiger partial charge is 0.338 e. The third-order valence-corrected chi connectivity index (χ3v) is 4.38. The van der Waals surface area contributed by atoms with Gasteiger partial charge in [-0.1, -0.05) is 36.0 Å². The molecule has 0 fully saturated rings. The van der Waals surface area contributed by atoms with E-state index in [2.05, 4.69) is 9.97 Å². The van der Waals surface area contributed by atoms with Crippen LogP contribution >= 0.6 is 11.8 Å². The first-order chi connectivity index (χ1) is 11.7. The van der Waals surface area contributed by atoms with Gasteiger partial charge in [-0.05, 0) is 36.8 Å². The van der Waals surface area contributed by atoms with Crippen molar-refractivity contribution >= 4 is 28.6 Å². The molecule has 1 heterocycles. The molecule has 24 heavy (non-hydrogen) atoms. The second-order valence-corrected chi connectivity index (χ2v) is 6.06. The largest absolute Gasteiger partial charge is 0.462 e. The minimum Gasteiger partial charge on any atom is -0.462 e. The van der Waals surface area contributed by atoms with E-state index < -0.39 is 0 Å². The van der Waals surface area contributed by atoms with Crippen molar-refractivity contribution in [3.05, 3.63) is 70.0 Å². The second-order valence-electron chi connectivity index (χ2n) is 5.09. The fraction of sp³-hybridized carbons (Fsp3) is 0.167. The summed E-state index contributed by atoms with van der Waals surface area (Å²) >= 11 is 1.44. The normalized spacial score (nSPS) is 10.7. The Morgan fingerprint density at radius 2 is 1.92 bits per heavy atom. The predicted octanol–water partition coefficient (Wildman–Crippen LogP) is 3.39. The molecular weight excluding hydrogens is 324 g/mol. The number of para-hydroxylation sites is 1. The van der Waals surface area contributed by atoms with Gasteiger partial charge < -0.3 is 9.72 Å². The molecule has 0 radical (unpaired) electrons. The zero-order chi connectivity index (χ0) is 16.9. The van der Waals surface area contributed by atoms with Gasteiger partial charge >= 0.3 is 5.97 Å². The summed E-state index contributed by atoms with van der Waals surface area (Å²) in [7, 11) is 0. The number of aromatic amines is 1. The van der Waals surface area contributed by atoms with Crippen molar-refractivity contribution in [2.24, 2.45) is 0 Å². The minimum absolute atomic E-state index is 0.138. The molecule has 2 aromatic carbocycles. The number of fused-ring (bicyclic) bond motifs is 1. The molecule has 3 aromatic rings. The topological polar surface area (TPSA) is 72.0 Å². The molecule has 1 aromatic heterocycles. The molecule has 1 N–H and O–H groups in total. The SMILES string of the molecule is CCOC(=O)c1ccc(CSc2nc3ccccc3c(=O)[nH]2)cc1. The molecule has 0 bridgehead atoms. The van der Waals surface area contributed by atoms with Crippen LogP contribution in [-0.4, -0.2) is 22.5 Å². The maximum absolute atomic E-state index is 12.0. The monoisotopic (exact) mass is 340 g/mol. The fourth-order valence-corrected chi connectivity index (χ4v) is 3.06. The number of esters is 1. The van der Waals surface area contributed by atoms with Gasteiger partial charge in [0.1, 0.15) is 0 Å². The Labute approximate surface area is 143 Å². The van der Waals surface area contributed by atoms with E-state index >= 15 is 0 Å². The van der Waals surface area contributed by atoms with Crippen LogP contribution in [0.25, 0.3) is 10.9 Å². The maximum atomic E-state index is 12.0. The van der Waals surface area contributed by atoms with Crippen LogP contribution in [0.3, 0.4) is 0 Å². The van der Waals surface area contributed by atoms with Crippen LogP contribution in [-0.2, 0) is 10.5 Å². The van der Waals surface area contributed by atoms with Crippen LogP contribution in [0.4, 0.5) is 0 Å². The van der Waals surface area contributed by atoms with Gasteiger partial charge in [0, 0.05) is 5.75 Å². The van der Waals surface area contributed by atoms with Gasteiger partial charge in [0.2, 0.25) is 0 Å². The number of thioether (sulfide) groups is 1. The van der Waals surface area contributed by atoms with Crippen LogP contribution < -0.4 is 5.56 Å². The Morgan fingerprint density at radius 1 is 1.17 bits per heavy atom. The first-order valence-electron chi connectivity index (χ1n) is 7.55. The van der Waals surface area contributed by atoms with E-state index in [0.29, 0.717) is 34.0 Å². The molecule has 6 heteroatoms. The molecule has 0 amide bonds. The van der Waals surface area contributed by atoms with Gasteiger partial charge in [-0.25, -0.2) is 9.78 Å². The van der Waals surface area contributed by atoms with E-state index in [4.69, 9.17) is 4.74 Å². The van der Waals surface area contributed by atoms with Crippen LogP contribution in [0.1, 0.15) is 22.8 Å². The molecule has 0 atom stereocenters. The number of nitrogens with one attached hydrogen (secondary N) is 1. The van der Waals surface area contributed by atoms with E-state index in [1.165, 1.54) is 11.8 Å². The van der Waals surface area contributed by atoms with Gasteiger partial charge in [-0.2, -0.15) is 0 Å². The molecule has 0 aliphatic carbocycles. The number of hydrogen-bond donors (Lipinski definition) is 1. The van der Waals surface area contributed by atoms with E-state index in [1.807, 2.05) is 30.3 Å². The molecule has 0 aliphatic rings. The van der Waals surface area contributed by atoms with E-state index in [1.54, 1.807) is 25.1 Å². The van der Waals surface area contributed by atoms with Gasteiger partial charge in [0.05, 0.1) is 23.1 Å². The number of ether oxygens (including phenoxy) is 1. The van der Waals surface area contributed by atoms with Crippen LogP contribution in [0, 0.1) is 0 Å². The molecule has 0 saturated heterocycles. The van der Waals surface area contributed by atoms with Gasteiger partial charge in [0.25, 0.3) is 5.56 Å². The summed E-state index contributed by atoms with van der Waals surface area (Å²) in [6, 6.07) is 14.5. The molecule has 0 unspecified atom stereocenters. The first kappa shape index (κ1) is 16.3. The summed E-state index contributed by atoms with van der Waals surface area (Å²) in [5.41, 5.74) is 2.11. The summed E-state index contributed by atoms with van der Waals surface area (Å²) in [5, 5.41) is 1.16. The summed E-state index contributed by atoms with van der Waals surface area (Å²) in [6.45, 7) is 2.14. The molecule has 3 rings (SSSR count). The number of carbonyl (C=O) groups is 1. The van der Waals surface area contributed by atoms with E-state index in [-0.39, 0.29) is 11.5 Å². The standard InChI is InChI=1S/C18H16N2O3S/c1-2-23-17(22)13-9-7-12(8-10-13)11-24-18-19-15-6-4-3-5-14(15)16(21)20-18/h3-10H,2,11H2,1H3,(H,19,20,21). The molecule has 122 valence electrons. The summed E-state index contributed by atoms with van der Waals surface area (Å²) in [6.07, 6.45) is 0. The summed E-state index contributed by atoms with van der Waals surface area (Å²) < 4.78 is 4.96. The number of H-pyrrole nitrogens is 1. The van der Waals surface area contributed by atoms with Crippen LogP contribution in [0.2, 0.25) is 0 Å². The van der Waals surface area contributed by atoms with Crippen molar-refractivity contribution in [2.75, 3.05) is 6.61 Å². The lowest BCUT2D eigenvalue weighted by Gasteiger charge is -2.05. The number of nitrogens with zero attached hydrogens (tertiary/aromatic N) is 1. The zero-order valence-electron chi connectivity index (χ0n) is 13.1. The lowest BCUT2D eigenvalue weighted by molar-refractivity contribution is 0.0526. The second kappa shape index (κ2) is 7.31. The number of carbonyl (C=O) groups excluding carboxylic acids is 1. The third kappa shape index (κ3) is 3.65. The highest BCUT2D eigenvalue weighted by Gasteiger charge is 2.07. The molecule has 0 saturated carbocycles. The van der Waals surface area contributed by atoms with Crippen molar-refractivity contribution in [1.29, 1.82) is 0 Å². The summed E-state index contributed by atoms with van der Waals surface area (Å²) in [5.74, 6) is 0.321.